The third kappa shape index (κ3) is 3.69. The highest BCUT2D eigenvalue weighted by atomic mass is 16.5. The number of rotatable bonds is 4. The van der Waals surface area contributed by atoms with E-state index in [1.165, 1.54) is 12.0 Å². The summed E-state index contributed by atoms with van der Waals surface area (Å²) in [6, 6.07) is -1.02. The summed E-state index contributed by atoms with van der Waals surface area (Å²) in [7, 11) is 1.34. The van der Waals surface area contributed by atoms with Crippen molar-refractivity contribution in [3.05, 3.63) is 0 Å². The number of amides is 1. The molecule has 1 saturated heterocycles. The summed E-state index contributed by atoms with van der Waals surface area (Å²) in [6.07, 6.45) is 0.673. The van der Waals surface area contributed by atoms with Gasteiger partial charge in [0.15, 0.2) is 0 Å². The first kappa shape index (κ1) is 14.4. The van der Waals surface area contributed by atoms with E-state index >= 15 is 0 Å². The molecule has 7 heteroatoms. The predicted octanol–water partition coefficient (Wildman–Crippen LogP) is -0.800. The Morgan fingerprint density at radius 2 is 1.94 bits per heavy atom. The number of carboxylic acids is 1. The van der Waals surface area contributed by atoms with E-state index in [0.717, 1.165) is 0 Å². The number of carbonyl (C=O) groups is 3. The minimum absolute atomic E-state index is 0.185. The van der Waals surface area contributed by atoms with E-state index in [1.807, 2.05) is 0 Å². The van der Waals surface area contributed by atoms with Gasteiger partial charge in [0.05, 0.1) is 25.5 Å². The Morgan fingerprint density at radius 3 is 2.39 bits per heavy atom. The molecule has 1 rings (SSSR count). The maximum Gasteiger partial charge on any atom is 0.308 e. The monoisotopic (exact) mass is 258 g/mol. The van der Waals surface area contributed by atoms with E-state index in [-0.39, 0.29) is 24.2 Å². The minimum Gasteiger partial charge on any atom is -0.481 e. The predicted molar refractivity (Wildman–Crippen MR) is 61.5 cm³/mol. The second-order valence-electron chi connectivity index (χ2n) is 4.33. The quantitative estimate of drug-likeness (QED) is 0.639. The molecule has 0 radical (unpaired) electrons. The van der Waals surface area contributed by atoms with Crippen molar-refractivity contribution < 1.29 is 24.2 Å². The van der Waals surface area contributed by atoms with Crippen LogP contribution in [0, 0.1) is 5.92 Å². The fourth-order valence-corrected chi connectivity index (χ4v) is 2.01. The van der Waals surface area contributed by atoms with Crippen LogP contribution in [0.15, 0.2) is 0 Å². The summed E-state index contributed by atoms with van der Waals surface area (Å²) in [5.74, 6) is -1.92. The highest BCUT2D eigenvalue weighted by Crippen LogP contribution is 2.19. The molecule has 18 heavy (non-hydrogen) atoms. The third-order valence-electron chi connectivity index (χ3n) is 3.05. The summed E-state index contributed by atoms with van der Waals surface area (Å²) >= 11 is 0. The number of hydrogen-bond donors (Lipinski definition) is 2. The van der Waals surface area contributed by atoms with Gasteiger partial charge in [-0.15, -0.1) is 0 Å². The van der Waals surface area contributed by atoms with Gasteiger partial charge in [-0.25, -0.2) is 0 Å². The zero-order valence-corrected chi connectivity index (χ0v) is 10.3. The van der Waals surface area contributed by atoms with Crippen LogP contribution in [0.25, 0.3) is 0 Å². The SMILES string of the molecule is COC(=O)C1CCN(C(=O)C(N)CC(=O)O)CC1. The molecule has 1 atom stereocenters. The number of nitrogens with two attached hydrogens (primary N) is 1. The lowest BCUT2D eigenvalue weighted by molar-refractivity contribution is -0.149. The highest BCUT2D eigenvalue weighted by Gasteiger charge is 2.30. The first-order chi connectivity index (χ1) is 8.45. The molecule has 0 bridgehead atoms. The van der Waals surface area contributed by atoms with Crippen LogP contribution in [-0.2, 0) is 19.1 Å². The molecule has 1 heterocycles. The summed E-state index contributed by atoms with van der Waals surface area (Å²) < 4.78 is 4.64. The van der Waals surface area contributed by atoms with Crippen LogP contribution in [0.2, 0.25) is 0 Å². The van der Waals surface area contributed by atoms with Crippen molar-refractivity contribution in [2.24, 2.45) is 11.7 Å². The van der Waals surface area contributed by atoms with E-state index in [9.17, 15) is 14.4 Å². The number of aliphatic carboxylic acids is 1. The van der Waals surface area contributed by atoms with Gasteiger partial charge in [0.2, 0.25) is 5.91 Å². The summed E-state index contributed by atoms with van der Waals surface area (Å²) in [5, 5.41) is 8.57. The van der Waals surface area contributed by atoms with E-state index < -0.39 is 12.0 Å². The third-order valence-corrected chi connectivity index (χ3v) is 3.05. The van der Waals surface area contributed by atoms with Gasteiger partial charge >= 0.3 is 11.9 Å². The Labute approximate surface area is 105 Å². The average molecular weight is 258 g/mol. The molecular weight excluding hydrogens is 240 g/mol. The van der Waals surface area contributed by atoms with Crippen molar-refractivity contribution in [2.75, 3.05) is 20.2 Å². The van der Waals surface area contributed by atoms with Crippen molar-refractivity contribution in [2.45, 2.75) is 25.3 Å². The molecule has 102 valence electrons. The molecule has 0 aromatic heterocycles. The first-order valence-corrected chi connectivity index (χ1v) is 5.79. The first-order valence-electron chi connectivity index (χ1n) is 5.79. The zero-order valence-electron chi connectivity index (χ0n) is 10.3. The van der Waals surface area contributed by atoms with Crippen LogP contribution in [0.3, 0.4) is 0 Å². The summed E-state index contributed by atoms with van der Waals surface area (Å²) in [5.41, 5.74) is 5.51. The van der Waals surface area contributed by atoms with Crippen molar-refractivity contribution in [1.29, 1.82) is 0 Å². The Morgan fingerprint density at radius 1 is 1.39 bits per heavy atom. The lowest BCUT2D eigenvalue weighted by atomic mass is 9.96. The number of piperidine rings is 1. The molecule has 1 fully saturated rings. The molecule has 1 unspecified atom stereocenters. The molecule has 0 spiro atoms. The number of hydrogen-bond acceptors (Lipinski definition) is 5. The lowest BCUT2D eigenvalue weighted by Gasteiger charge is -2.32. The standard InChI is InChI=1S/C11H18N2O5/c1-18-11(17)7-2-4-13(5-3-7)10(16)8(12)6-9(14)15/h7-8H,2-6,12H2,1H3,(H,14,15). The number of likely N-dealkylation sites (tertiary alicyclic amines) is 1. The number of carbonyl (C=O) groups excluding carboxylic acids is 2. The Balaban J connectivity index is 2.45. The lowest BCUT2D eigenvalue weighted by Crippen LogP contribution is -2.48. The molecule has 0 aliphatic carbocycles. The molecule has 1 amide bonds. The largest absolute Gasteiger partial charge is 0.481 e. The Kier molecular flexibility index (Phi) is 5.08. The average Bonchev–Trinajstić information content (AvgIpc) is 2.36. The highest BCUT2D eigenvalue weighted by molar-refractivity contribution is 5.86. The van der Waals surface area contributed by atoms with E-state index in [2.05, 4.69) is 4.74 Å². The topological polar surface area (TPSA) is 110 Å². The molecule has 0 saturated carbocycles. The number of carboxylic acid groups (broad SMARTS) is 1. The van der Waals surface area contributed by atoms with Gasteiger partial charge in [0.1, 0.15) is 0 Å². The van der Waals surface area contributed by atoms with Crippen LogP contribution in [-0.4, -0.2) is 54.1 Å². The number of esters is 1. The van der Waals surface area contributed by atoms with Gasteiger partial charge in [-0.1, -0.05) is 0 Å². The molecule has 7 nitrogen and oxygen atoms in total. The van der Waals surface area contributed by atoms with Crippen molar-refractivity contribution in [3.8, 4) is 0 Å². The summed E-state index contributed by atoms with van der Waals surface area (Å²) in [6.45, 7) is 0.817. The van der Waals surface area contributed by atoms with E-state index in [0.29, 0.717) is 25.9 Å². The maximum atomic E-state index is 11.8. The van der Waals surface area contributed by atoms with E-state index in [4.69, 9.17) is 10.8 Å². The number of methoxy groups -OCH3 is 1. The smallest absolute Gasteiger partial charge is 0.308 e. The van der Waals surface area contributed by atoms with Crippen LogP contribution >= 0.6 is 0 Å². The molecular formula is C11H18N2O5. The molecule has 3 N–H and O–H groups in total. The number of nitrogens with zero attached hydrogens (tertiary/aromatic N) is 1. The number of ether oxygens (including phenoxy) is 1. The normalized spacial score (nSPS) is 18.2. The molecule has 1 aliphatic heterocycles. The molecule has 0 aromatic rings. The Bertz CT molecular complexity index is 336. The van der Waals surface area contributed by atoms with Crippen molar-refractivity contribution in [3.63, 3.8) is 0 Å². The maximum absolute atomic E-state index is 11.8. The van der Waals surface area contributed by atoms with Crippen LogP contribution in [0.4, 0.5) is 0 Å². The Hall–Kier alpha value is -1.63. The van der Waals surface area contributed by atoms with Crippen LogP contribution in [0.1, 0.15) is 19.3 Å². The van der Waals surface area contributed by atoms with Gasteiger partial charge < -0.3 is 20.5 Å². The van der Waals surface area contributed by atoms with Gasteiger partial charge in [-0.05, 0) is 12.8 Å². The van der Waals surface area contributed by atoms with Crippen molar-refractivity contribution in [1.82, 2.24) is 4.90 Å². The molecule has 1 aliphatic rings. The summed E-state index contributed by atoms with van der Waals surface area (Å²) in [4.78, 5) is 35.1. The minimum atomic E-state index is -1.10. The second kappa shape index (κ2) is 6.34. The molecule has 0 aromatic carbocycles. The second-order valence-corrected chi connectivity index (χ2v) is 4.33. The fourth-order valence-electron chi connectivity index (χ4n) is 2.01. The van der Waals surface area contributed by atoms with Crippen LogP contribution in [0.5, 0.6) is 0 Å². The van der Waals surface area contributed by atoms with Gasteiger partial charge in [-0.2, -0.15) is 0 Å². The fraction of sp³-hybridized carbons (Fsp3) is 0.727. The van der Waals surface area contributed by atoms with Crippen LogP contribution < -0.4 is 5.73 Å². The van der Waals surface area contributed by atoms with Gasteiger partial charge in [0.25, 0.3) is 0 Å². The van der Waals surface area contributed by atoms with Gasteiger partial charge in [0, 0.05) is 13.1 Å². The van der Waals surface area contributed by atoms with Gasteiger partial charge in [-0.3, -0.25) is 14.4 Å². The van der Waals surface area contributed by atoms with E-state index in [1.54, 1.807) is 0 Å². The zero-order chi connectivity index (χ0) is 13.7. The van der Waals surface area contributed by atoms with Crippen molar-refractivity contribution >= 4 is 17.8 Å².